The van der Waals surface area contributed by atoms with Gasteiger partial charge in [-0.25, -0.2) is 9.18 Å². The van der Waals surface area contributed by atoms with Crippen molar-refractivity contribution in [3.8, 4) is 5.75 Å². The summed E-state index contributed by atoms with van der Waals surface area (Å²) in [4.78, 5) is 68.7. The molecule has 0 aromatic heterocycles. The fourth-order valence-electron chi connectivity index (χ4n) is 7.95. The number of rotatable bonds is 4. The van der Waals surface area contributed by atoms with Crippen LogP contribution in [0.4, 0.5) is 14.9 Å². The zero-order chi connectivity index (χ0) is 31.8. The number of nitrogens with two attached hydrogens (primary N) is 1. The van der Waals surface area contributed by atoms with Crippen LogP contribution >= 0.6 is 11.6 Å². The van der Waals surface area contributed by atoms with Gasteiger partial charge >= 0.3 is 6.03 Å². The summed E-state index contributed by atoms with van der Waals surface area (Å²) in [5.41, 5.74) is 8.64. The van der Waals surface area contributed by atoms with E-state index in [9.17, 15) is 33.5 Å². The van der Waals surface area contributed by atoms with E-state index in [1.807, 2.05) is 6.08 Å². The summed E-state index contributed by atoms with van der Waals surface area (Å²) in [6.07, 6.45) is 1.93. The van der Waals surface area contributed by atoms with Crippen LogP contribution in [0.2, 0.25) is 5.02 Å². The highest BCUT2D eigenvalue weighted by molar-refractivity contribution is 6.30. The van der Waals surface area contributed by atoms with E-state index in [2.05, 4.69) is 5.43 Å². The minimum atomic E-state index is -1.58. The number of anilines is 1. The van der Waals surface area contributed by atoms with E-state index in [-0.39, 0.29) is 18.6 Å². The highest BCUT2D eigenvalue weighted by Gasteiger charge is 2.70. The zero-order valence-corrected chi connectivity index (χ0v) is 24.3. The monoisotopic (exact) mass is 628 g/mol. The summed E-state index contributed by atoms with van der Waals surface area (Å²) in [7, 11) is 0. The fourth-order valence-corrected chi connectivity index (χ4v) is 8.08. The van der Waals surface area contributed by atoms with Gasteiger partial charge in [0.1, 0.15) is 11.6 Å². The number of fused-ring (bicyclic) bond motifs is 4. The van der Waals surface area contributed by atoms with E-state index in [0.29, 0.717) is 32.3 Å². The Morgan fingerprint density at radius 1 is 0.956 bits per heavy atom. The number of phenols is 1. The third kappa shape index (κ3) is 4.10. The zero-order valence-electron chi connectivity index (χ0n) is 23.5. The van der Waals surface area contributed by atoms with Crippen LogP contribution in [0.15, 0.2) is 84.4 Å². The molecule has 45 heavy (non-hydrogen) atoms. The summed E-state index contributed by atoms with van der Waals surface area (Å²) >= 11 is 6.26. The lowest BCUT2D eigenvalue weighted by atomic mass is 9.49. The molecule has 2 heterocycles. The van der Waals surface area contributed by atoms with Gasteiger partial charge in [-0.3, -0.25) is 24.6 Å². The lowest BCUT2D eigenvalue weighted by Gasteiger charge is -2.50. The quantitative estimate of drug-likeness (QED) is 0.289. The maximum atomic E-state index is 14.9. The molecule has 6 atom stereocenters. The van der Waals surface area contributed by atoms with Gasteiger partial charge in [0.05, 0.1) is 28.9 Å². The number of halogens is 2. The summed E-state index contributed by atoms with van der Waals surface area (Å²) in [5.74, 6) is -7.65. The SMILES string of the molecule is NC(=O)N1C(=O)[C@H]2[C@H](CC=C3[C@H]2C[C@H]2C(=O)N(Nc4ccc(F)cc4)C(=O)[C@@]2(c2ccc(Cl)cc2)[C@H]3c2cccc(O)c2)C1=O. The first-order chi connectivity index (χ1) is 21.5. The first kappa shape index (κ1) is 28.7. The standard InChI is InChI=1S/C33H26ClFN4O6/c34-18-6-4-17(5-7-18)33-25(29(42)39(31(33)44)37-20-10-8-19(35)9-11-20)15-24-22(27(33)16-2-1-3-21(40)14-16)12-13-23-26(24)30(43)38(28(23)41)32(36)45/h1-12,14,23-27,37,40H,13,15H2,(H2,36,45)/t23-,24+,25-,26-,27-,33+/m0/s1. The van der Waals surface area contributed by atoms with E-state index in [0.717, 1.165) is 5.01 Å². The van der Waals surface area contributed by atoms with E-state index >= 15 is 0 Å². The van der Waals surface area contributed by atoms with Gasteiger partial charge < -0.3 is 10.8 Å². The number of hydrogen-bond donors (Lipinski definition) is 3. The summed E-state index contributed by atoms with van der Waals surface area (Å²) in [6, 6.07) is 17.0. The van der Waals surface area contributed by atoms with Crippen molar-refractivity contribution in [2.75, 3.05) is 5.43 Å². The van der Waals surface area contributed by atoms with Crippen molar-refractivity contribution in [1.82, 2.24) is 9.91 Å². The number of hydrogen-bond acceptors (Lipinski definition) is 7. The number of aromatic hydroxyl groups is 1. The van der Waals surface area contributed by atoms with E-state index in [4.69, 9.17) is 17.3 Å². The molecule has 228 valence electrons. The average molecular weight is 629 g/mol. The molecule has 2 aliphatic carbocycles. The number of nitrogens with one attached hydrogen (secondary N) is 1. The Bertz CT molecular complexity index is 1830. The van der Waals surface area contributed by atoms with Crippen LogP contribution in [-0.2, 0) is 24.6 Å². The summed E-state index contributed by atoms with van der Waals surface area (Å²) in [6.45, 7) is 0. The van der Waals surface area contributed by atoms with Crippen molar-refractivity contribution in [2.24, 2.45) is 29.4 Å². The first-order valence-electron chi connectivity index (χ1n) is 14.4. The van der Waals surface area contributed by atoms with Crippen LogP contribution in [0, 0.1) is 29.5 Å². The molecule has 3 aromatic carbocycles. The fraction of sp³-hybridized carbons (Fsp3) is 0.242. The number of hydrazine groups is 1. The molecule has 0 spiro atoms. The van der Waals surface area contributed by atoms with Gasteiger partial charge in [-0.2, -0.15) is 9.91 Å². The van der Waals surface area contributed by atoms with E-state index < -0.39 is 70.5 Å². The molecule has 3 fully saturated rings. The molecule has 7 rings (SSSR count). The van der Waals surface area contributed by atoms with Gasteiger partial charge in [-0.05, 0) is 78.4 Å². The average Bonchev–Trinajstić information content (AvgIpc) is 3.39. The van der Waals surface area contributed by atoms with Gasteiger partial charge in [0.2, 0.25) is 11.8 Å². The summed E-state index contributed by atoms with van der Waals surface area (Å²) in [5, 5.41) is 11.9. The van der Waals surface area contributed by atoms with Crippen molar-refractivity contribution in [3.63, 3.8) is 0 Å². The number of benzene rings is 3. The van der Waals surface area contributed by atoms with Crippen LogP contribution in [-0.4, -0.2) is 44.7 Å². The Hall–Kier alpha value is -5.03. The van der Waals surface area contributed by atoms with Crippen LogP contribution < -0.4 is 11.2 Å². The molecule has 6 amide bonds. The molecule has 0 bridgehead atoms. The molecule has 12 heteroatoms. The Morgan fingerprint density at radius 3 is 2.33 bits per heavy atom. The third-order valence-corrected chi connectivity index (χ3v) is 9.93. The smallest absolute Gasteiger partial charge is 0.328 e. The van der Waals surface area contributed by atoms with Crippen molar-refractivity contribution in [1.29, 1.82) is 0 Å². The second kappa shape index (κ2) is 10.3. The number of imide groups is 4. The Kier molecular flexibility index (Phi) is 6.55. The predicted molar refractivity (Wildman–Crippen MR) is 159 cm³/mol. The van der Waals surface area contributed by atoms with Crippen LogP contribution in [0.5, 0.6) is 5.75 Å². The first-order valence-corrected chi connectivity index (χ1v) is 14.7. The maximum Gasteiger partial charge on any atom is 0.328 e. The lowest BCUT2D eigenvalue weighted by Crippen LogP contribution is -2.53. The Morgan fingerprint density at radius 2 is 1.67 bits per heavy atom. The number of nitrogens with zero attached hydrogens (tertiary/aromatic N) is 2. The van der Waals surface area contributed by atoms with Gasteiger partial charge in [0.15, 0.2) is 0 Å². The molecular weight excluding hydrogens is 603 g/mol. The highest BCUT2D eigenvalue weighted by atomic mass is 35.5. The topological polar surface area (TPSA) is 150 Å². The van der Waals surface area contributed by atoms with Crippen molar-refractivity contribution in [2.45, 2.75) is 24.2 Å². The molecule has 3 aromatic rings. The number of carbonyl (C=O) groups excluding carboxylic acids is 5. The van der Waals surface area contributed by atoms with Gasteiger partial charge in [0, 0.05) is 10.9 Å². The second-order valence-corrected chi connectivity index (χ2v) is 12.3. The largest absolute Gasteiger partial charge is 0.508 e. The Balaban J connectivity index is 1.46. The van der Waals surface area contributed by atoms with E-state index in [1.165, 1.54) is 36.4 Å². The molecule has 1 saturated carbocycles. The van der Waals surface area contributed by atoms with Crippen molar-refractivity contribution >= 4 is 46.9 Å². The molecule has 4 N–H and O–H groups in total. The molecular formula is C33H26ClFN4O6. The number of urea groups is 1. The maximum absolute atomic E-state index is 14.9. The molecule has 0 radical (unpaired) electrons. The van der Waals surface area contributed by atoms with Gasteiger partial charge in [0.25, 0.3) is 11.8 Å². The number of amides is 6. The normalized spacial score (nSPS) is 28.8. The van der Waals surface area contributed by atoms with E-state index in [1.54, 1.807) is 36.4 Å². The highest BCUT2D eigenvalue weighted by Crippen LogP contribution is 2.64. The lowest BCUT2D eigenvalue weighted by molar-refractivity contribution is -0.139. The van der Waals surface area contributed by atoms with Crippen molar-refractivity contribution < 1.29 is 33.5 Å². The molecule has 2 aliphatic heterocycles. The van der Waals surface area contributed by atoms with Crippen molar-refractivity contribution in [3.05, 3.63) is 106 Å². The minimum absolute atomic E-state index is 0.00271. The number of phenolic OH excluding ortho intramolecular Hbond substituents is 1. The second-order valence-electron chi connectivity index (χ2n) is 11.8. The Labute approximate surface area is 261 Å². The number of allylic oxidation sites excluding steroid dienone is 2. The van der Waals surface area contributed by atoms with Crippen LogP contribution in [0.1, 0.15) is 29.9 Å². The minimum Gasteiger partial charge on any atom is -0.508 e. The summed E-state index contributed by atoms with van der Waals surface area (Å²) < 4.78 is 13.7. The number of likely N-dealkylation sites (tertiary alicyclic amines) is 1. The molecule has 4 aliphatic rings. The predicted octanol–water partition coefficient (Wildman–Crippen LogP) is 4.25. The third-order valence-electron chi connectivity index (χ3n) is 9.68. The van der Waals surface area contributed by atoms with Gasteiger partial charge in [-0.15, -0.1) is 0 Å². The number of primary amides is 1. The number of carbonyl (C=O) groups is 5. The molecule has 2 saturated heterocycles. The molecule has 0 unspecified atom stereocenters. The molecule has 10 nitrogen and oxygen atoms in total. The van der Waals surface area contributed by atoms with Crippen LogP contribution in [0.3, 0.4) is 0 Å². The van der Waals surface area contributed by atoms with Gasteiger partial charge in [-0.1, -0.05) is 47.5 Å². The van der Waals surface area contributed by atoms with Crippen LogP contribution in [0.25, 0.3) is 0 Å².